The SMILES string of the molecule is C=CCOc1ccc2ccccc2c1/C=N\NC(=O)c1ccc(I)cc1. The maximum Gasteiger partial charge on any atom is 0.271 e. The summed E-state index contributed by atoms with van der Waals surface area (Å²) < 4.78 is 6.80. The van der Waals surface area contributed by atoms with Gasteiger partial charge in [-0.05, 0) is 63.7 Å². The van der Waals surface area contributed by atoms with Crippen LogP contribution >= 0.6 is 22.6 Å². The van der Waals surface area contributed by atoms with Crippen LogP contribution in [0.4, 0.5) is 0 Å². The van der Waals surface area contributed by atoms with Crippen LogP contribution in [0.3, 0.4) is 0 Å². The van der Waals surface area contributed by atoms with Gasteiger partial charge in [-0.3, -0.25) is 4.79 Å². The van der Waals surface area contributed by atoms with E-state index in [2.05, 4.69) is 39.7 Å². The zero-order valence-corrected chi connectivity index (χ0v) is 16.1. The Balaban J connectivity index is 1.86. The molecule has 0 bridgehead atoms. The summed E-state index contributed by atoms with van der Waals surface area (Å²) in [5.41, 5.74) is 3.94. The number of carbonyl (C=O) groups is 1. The highest BCUT2D eigenvalue weighted by Gasteiger charge is 2.08. The van der Waals surface area contributed by atoms with E-state index in [1.807, 2.05) is 48.5 Å². The Morgan fingerprint density at radius 2 is 1.88 bits per heavy atom. The van der Waals surface area contributed by atoms with Gasteiger partial charge in [-0.25, -0.2) is 5.43 Å². The molecule has 0 heterocycles. The molecule has 0 atom stereocenters. The predicted octanol–water partition coefficient (Wildman–Crippen LogP) is 4.77. The first kappa shape index (κ1) is 18.1. The van der Waals surface area contributed by atoms with Crippen molar-refractivity contribution in [1.82, 2.24) is 5.43 Å². The molecule has 0 radical (unpaired) electrons. The number of nitrogens with zero attached hydrogens (tertiary/aromatic N) is 1. The summed E-state index contributed by atoms with van der Waals surface area (Å²) in [5.74, 6) is 0.433. The first-order valence-corrected chi connectivity index (χ1v) is 9.11. The van der Waals surface area contributed by atoms with Gasteiger partial charge in [0.25, 0.3) is 5.91 Å². The van der Waals surface area contributed by atoms with Crippen molar-refractivity contribution in [2.24, 2.45) is 5.10 Å². The number of hydrogen-bond donors (Lipinski definition) is 1. The molecule has 5 heteroatoms. The van der Waals surface area contributed by atoms with E-state index in [-0.39, 0.29) is 5.91 Å². The lowest BCUT2D eigenvalue weighted by molar-refractivity contribution is 0.0955. The molecule has 3 aromatic carbocycles. The quantitative estimate of drug-likeness (QED) is 0.252. The molecular formula is C21H17IN2O2. The molecule has 26 heavy (non-hydrogen) atoms. The zero-order chi connectivity index (χ0) is 18.4. The molecule has 1 amide bonds. The Morgan fingerprint density at radius 1 is 1.12 bits per heavy atom. The van der Waals surface area contributed by atoms with E-state index in [9.17, 15) is 4.79 Å². The summed E-state index contributed by atoms with van der Waals surface area (Å²) in [4.78, 5) is 12.2. The van der Waals surface area contributed by atoms with Crippen LogP contribution in [-0.2, 0) is 0 Å². The van der Waals surface area contributed by atoms with Gasteiger partial charge in [0.2, 0.25) is 0 Å². The first-order valence-electron chi connectivity index (χ1n) is 8.03. The third-order valence-electron chi connectivity index (χ3n) is 3.75. The monoisotopic (exact) mass is 456 g/mol. The maximum absolute atomic E-state index is 12.2. The molecule has 0 unspecified atom stereocenters. The van der Waals surface area contributed by atoms with E-state index in [0.29, 0.717) is 17.9 Å². The second-order valence-electron chi connectivity index (χ2n) is 5.50. The Labute approximate surface area is 165 Å². The van der Waals surface area contributed by atoms with Crippen molar-refractivity contribution in [3.05, 3.63) is 88.0 Å². The molecule has 3 aromatic rings. The van der Waals surface area contributed by atoms with Gasteiger partial charge in [-0.2, -0.15) is 5.10 Å². The standard InChI is InChI=1S/C21H17IN2O2/c1-2-13-26-20-12-9-15-5-3-4-6-18(15)19(20)14-23-24-21(25)16-7-10-17(22)11-8-16/h2-12,14H,1,13H2,(H,24,25)/b23-14-. The molecule has 0 aromatic heterocycles. The minimum Gasteiger partial charge on any atom is -0.489 e. The Hall–Kier alpha value is -2.67. The van der Waals surface area contributed by atoms with Crippen molar-refractivity contribution in [3.63, 3.8) is 0 Å². The van der Waals surface area contributed by atoms with E-state index in [1.54, 1.807) is 24.4 Å². The number of nitrogens with one attached hydrogen (secondary N) is 1. The molecule has 3 rings (SSSR count). The van der Waals surface area contributed by atoms with Crippen molar-refractivity contribution in [2.45, 2.75) is 0 Å². The fraction of sp³-hybridized carbons (Fsp3) is 0.0476. The average Bonchev–Trinajstić information content (AvgIpc) is 2.67. The summed E-state index contributed by atoms with van der Waals surface area (Å²) in [6.45, 7) is 4.07. The third-order valence-corrected chi connectivity index (χ3v) is 4.47. The van der Waals surface area contributed by atoms with E-state index in [1.165, 1.54) is 0 Å². The predicted molar refractivity (Wildman–Crippen MR) is 114 cm³/mol. The van der Waals surface area contributed by atoms with Crippen molar-refractivity contribution in [1.29, 1.82) is 0 Å². The Morgan fingerprint density at radius 3 is 2.65 bits per heavy atom. The number of fused-ring (bicyclic) bond motifs is 1. The summed E-state index contributed by atoms with van der Waals surface area (Å²) in [6, 6.07) is 19.1. The molecule has 0 aliphatic rings. The minimum absolute atomic E-state index is 0.258. The van der Waals surface area contributed by atoms with Crippen molar-refractivity contribution in [2.75, 3.05) is 6.61 Å². The summed E-state index contributed by atoms with van der Waals surface area (Å²) in [6.07, 6.45) is 3.31. The summed E-state index contributed by atoms with van der Waals surface area (Å²) in [5, 5.41) is 6.20. The lowest BCUT2D eigenvalue weighted by Gasteiger charge is -2.10. The number of halogens is 1. The number of hydrazone groups is 1. The van der Waals surface area contributed by atoms with E-state index in [0.717, 1.165) is 19.9 Å². The number of rotatable bonds is 6. The van der Waals surface area contributed by atoms with E-state index < -0.39 is 0 Å². The fourth-order valence-corrected chi connectivity index (χ4v) is 2.86. The zero-order valence-electron chi connectivity index (χ0n) is 14.0. The van der Waals surface area contributed by atoms with E-state index in [4.69, 9.17) is 4.74 Å². The van der Waals surface area contributed by atoms with Crippen molar-refractivity contribution < 1.29 is 9.53 Å². The van der Waals surface area contributed by atoms with Gasteiger partial charge in [0.1, 0.15) is 12.4 Å². The largest absolute Gasteiger partial charge is 0.489 e. The van der Waals surface area contributed by atoms with Gasteiger partial charge >= 0.3 is 0 Å². The molecule has 4 nitrogen and oxygen atoms in total. The number of carbonyl (C=O) groups excluding carboxylic acids is 1. The highest BCUT2D eigenvalue weighted by atomic mass is 127. The molecule has 0 saturated carbocycles. The minimum atomic E-state index is -0.258. The highest BCUT2D eigenvalue weighted by Crippen LogP contribution is 2.26. The fourth-order valence-electron chi connectivity index (χ4n) is 2.50. The smallest absolute Gasteiger partial charge is 0.271 e. The van der Waals surface area contributed by atoms with Crippen LogP contribution in [0.1, 0.15) is 15.9 Å². The molecule has 0 fully saturated rings. The van der Waals surface area contributed by atoms with Crippen molar-refractivity contribution >= 4 is 45.5 Å². The topological polar surface area (TPSA) is 50.7 Å². The Bertz CT molecular complexity index is 965. The highest BCUT2D eigenvalue weighted by molar-refractivity contribution is 14.1. The third kappa shape index (κ3) is 4.29. The lowest BCUT2D eigenvalue weighted by atomic mass is 10.0. The summed E-state index contributed by atoms with van der Waals surface area (Å²) >= 11 is 2.20. The van der Waals surface area contributed by atoms with Crippen LogP contribution in [-0.4, -0.2) is 18.7 Å². The lowest BCUT2D eigenvalue weighted by Crippen LogP contribution is -2.17. The van der Waals surface area contributed by atoms with Crippen LogP contribution in [0.2, 0.25) is 0 Å². The van der Waals surface area contributed by atoms with Crippen LogP contribution in [0.25, 0.3) is 10.8 Å². The molecule has 0 saturated heterocycles. The van der Waals surface area contributed by atoms with Crippen molar-refractivity contribution in [3.8, 4) is 5.75 Å². The molecule has 0 spiro atoms. The van der Waals surface area contributed by atoms with Gasteiger partial charge in [-0.15, -0.1) is 0 Å². The number of hydrogen-bond acceptors (Lipinski definition) is 3. The van der Waals surface area contributed by atoms with Crippen LogP contribution in [0, 0.1) is 3.57 Å². The molecule has 0 aliphatic heterocycles. The summed E-state index contributed by atoms with van der Waals surface area (Å²) in [7, 11) is 0. The van der Waals surface area contributed by atoms with Gasteiger partial charge < -0.3 is 4.74 Å². The second-order valence-corrected chi connectivity index (χ2v) is 6.75. The number of benzene rings is 3. The molecule has 0 aliphatic carbocycles. The van der Waals surface area contributed by atoms with E-state index >= 15 is 0 Å². The van der Waals surface area contributed by atoms with Crippen LogP contribution in [0.15, 0.2) is 78.4 Å². The first-order chi connectivity index (χ1) is 12.7. The number of amides is 1. The van der Waals surface area contributed by atoms with Gasteiger partial charge in [0, 0.05) is 14.7 Å². The molecule has 130 valence electrons. The van der Waals surface area contributed by atoms with Gasteiger partial charge in [0.05, 0.1) is 6.21 Å². The number of ether oxygens (including phenoxy) is 1. The molecule has 1 N–H and O–H groups in total. The van der Waals surface area contributed by atoms with Gasteiger partial charge in [-0.1, -0.05) is 43.0 Å². The average molecular weight is 456 g/mol. The van der Waals surface area contributed by atoms with Crippen LogP contribution in [0.5, 0.6) is 5.75 Å². The molecular weight excluding hydrogens is 439 g/mol. The van der Waals surface area contributed by atoms with Gasteiger partial charge in [0.15, 0.2) is 0 Å². The van der Waals surface area contributed by atoms with Crippen LogP contribution < -0.4 is 10.2 Å². The normalized spacial score (nSPS) is 10.8. The second kappa shape index (κ2) is 8.62. The Kier molecular flexibility index (Phi) is 6.01. The maximum atomic E-state index is 12.2.